The molecule has 1 aliphatic heterocycles. The normalized spacial score (nSPS) is 17.4. The number of rotatable bonds is 8. The van der Waals surface area contributed by atoms with E-state index in [1.54, 1.807) is 7.11 Å². The monoisotopic (exact) mass is 547 g/mol. The van der Waals surface area contributed by atoms with Gasteiger partial charge < -0.3 is 42.9 Å². The third-order valence-electron chi connectivity index (χ3n) is 5.02. The molecule has 0 aromatic heterocycles. The molecule has 1 saturated carbocycles. The first kappa shape index (κ1) is 47.5. The topological polar surface area (TPSA) is 125 Å². The summed E-state index contributed by atoms with van der Waals surface area (Å²) in [5.74, 6) is 0.721. The smallest absolute Gasteiger partial charge is 0.158 e. The maximum absolute atomic E-state index is 12.4. The molecule has 2 fully saturated rings. The number of hydrogen-bond acceptors (Lipinski definition) is 8. The summed E-state index contributed by atoms with van der Waals surface area (Å²) in [6, 6.07) is 0.312. The number of halogens is 1. The van der Waals surface area contributed by atoms with Crippen LogP contribution in [0.15, 0.2) is 0 Å². The minimum atomic E-state index is -0.869. The zero-order valence-corrected chi connectivity index (χ0v) is 25.2. The Morgan fingerprint density at radius 1 is 1.11 bits per heavy atom. The molecular formula is C25H55FN3O5V-. The fraction of sp³-hybridized carbons (Fsp3) is 0.840. The van der Waals surface area contributed by atoms with Crippen molar-refractivity contribution >= 4 is 19.4 Å². The Bertz CT molecular complexity index is 426. The molecule has 0 aromatic carbocycles. The maximum atomic E-state index is 12.4. The van der Waals surface area contributed by atoms with Crippen molar-refractivity contribution in [3.8, 4) is 0 Å². The molecule has 0 aromatic rings. The van der Waals surface area contributed by atoms with E-state index < -0.39 is 6.10 Å². The molecule has 10 heteroatoms. The third kappa shape index (κ3) is 29.4. The molecule has 0 amide bonds. The van der Waals surface area contributed by atoms with E-state index in [2.05, 4.69) is 33.1 Å². The minimum Gasteiger partial charge on any atom is -0.385 e. The van der Waals surface area contributed by atoms with Crippen molar-refractivity contribution in [2.45, 2.75) is 78.4 Å². The third-order valence-corrected chi connectivity index (χ3v) is 5.02. The number of carbonyl (C=O) groups excluding carboxylic acids is 3. The Morgan fingerprint density at radius 3 is 1.77 bits per heavy atom. The summed E-state index contributed by atoms with van der Waals surface area (Å²) in [5.41, 5.74) is 9.18. The van der Waals surface area contributed by atoms with Gasteiger partial charge in [0.15, 0.2) is 12.4 Å². The van der Waals surface area contributed by atoms with Crippen LogP contribution in [0.2, 0.25) is 0 Å². The molecule has 1 heterocycles. The summed E-state index contributed by atoms with van der Waals surface area (Å²) in [6.45, 7) is 12.0. The van der Waals surface area contributed by atoms with Crippen LogP contribution in [-0.4, -0.2) is 77.8 Å². The molecule has 1 aliphatic carbocycles. The van der Waals surface area contributed by atoms with Gasteiger partial charge in [-0.15, -0.1) is 0 Å². The van der Waals surface area contributed by atoms with Gasteiger partial charge in [0.05, 0.1) is 0 Å². The van der Waals surface area contributed by atoms with Crippen LogP contribution >= 0.6 is 0 Å². The fourth-order valence-corrected chi connectivity index (χ4v) is 3.16. The SMILES string of the molecule is C=O.CC(C)(C)CC=O.CCOC.CN.CN.CN1CCCC1C(CC1CC1)C(C=O)OF.[CH3-].[V]. The second-order valence-electron chi connectivity index (χ2n) is 8.73. The molecule has 3 atom stereocenters. The van der Waals surface area contributed by atoms with Crippen molar-refractivity contribution in [3.63, 3.8) is 0 Å². The molecule has 3 unspecified atom stereocenters. The molecule has 0 bridgehead atoms. The predicted molar refractivity (Wildman–Crippen MR) is 140 cm³/mol. The fourth-order valence-electron chi connectivity index (χ4n) is 3.16. The number of aldehydes is 2. The van der Waals surface area contributed by atoms with Gasteiger partial charge in [-0.25, -0.2) is 0 Å². The Hall–Kier alpha value is -0.676. The molecular weight excluding hydrogens is 492 g/mol. The van der Waals surface area contributed by atoms with Crippen molar-refractivity contribution in [3.05, 3.63) is 7.43 Å². The van der Waals surface area contributed by atoms with Gasteiger partial charge in [-0.05, 0) is 69.7 Å². The molecule has 0 spiro atoms. The Balaban J connectivity index is -0.0000000940. The Morgan fingerprint density at radius 2 is 1.57 bits per heavy atom. The van der Waals surface area contributed by atoms with Crippen LogP contribution < -0.4 is 11.5 Å². The summed E-state index contributed by atoms with van der Waals surface area (Å²) in [7, 11) is 6.73. The zero-order chi connectivity index (χ0) is 26.9. The van der Waals surface area contributed by atoms with Crippen LogP contribution in [0.3, 0.4) is 0 Å². The van der Waals surface area contributed by atoms with Crippen molar-refractivity contribution in [1.82, 2.24) is 4.90 Å². The maximum Gasteiger partial charge on any atom is 0.158 e. The first-order valence-corrected chi connectivity index (χ1v) is 11.5. The van der Waals surface area contributed by atoms with E-state index in [1.807, 2.05) is 34.5 Å². The van der Waals surface area contributed by atoms with Gasteiger partial charge in [0.1, 0.15) is 13.1 Å². The number of methoxy groups -OCH3 is 1. The van der Waals surface area contributed by atoms with Crippen molar-refractivity contribution in [1.29, 1.82) is 0 Å². The van der Waals surface area contributed by atoms with Gasteiger partial charge in [-0.1, -0.05) is 33.6 Å². The van der Waals surface area contributed by atoms with E-state index in [4.69, 9.17) is 4.79 Å². The molecule has 8 nitrogen and oxygen atoms in total. The molecule has 1 saturated heterocycles. The summed E-state index contributed by atoms with van der Waals surface area (Å²) in [5, 5.41) is 0. The number of nitrogens with two attached hydrogens (primary N) is 2. The largest absolute Gasteiger partial charge is 0.385 e. The first-order chi connectivity index (χ1) is 15.7. The number of likely N-dealkylation sites (tertiary alicyclic amines) is 1. The van der Waals surface area contributed by atoms with Crippen LogP contribution in [0.25, 0.3) is 0 Å². The van der Waals surface area contributed by atoms with Crippen molar-refractivity contribution < 1.29 is 47.1 Å². The van der Waals surface area contributed by atoms with E-state index >= 15 is 0 Å². The van der Waals surface area contributed by atoms with Gasteiger partial charge in [-0.2, -0.15) is 4.94 Å². The number of carbonyl (C=O) groups is 3. The van der Waals surface area contributed by atoms with Crippen LogP contribution in [0.5, 0.6) is 0 Å². The van der Waals surface area contributed by atoms with Gasteiger partial charge in [-0.3, -0.25) is 0 Å². The Kier molecular flexibility index (Phi) is 45.2. The molecule has 35 heavy (non-hydrogen) atoms. The van der Waals surface area contributed by atoms with Gasteiger partial charge in [0.25, 0.3) is 0 Å². The van der Waals surface area contributed by atoms with E-state index in [0.717, 1.165) is 38.7 Å². The van der Waals surface area contributed by atoms with Crippen LogP contribution in [0.4, 0.5) is 4.53 Å². The van der Waals surface area contributed by atoms with Gasteiger partial charge in [0.2, 0.25) is 0 Å². The summed E-state index contributed by atoms with van der Waals surface area (Å²) in [6.07, 6.45) is 6.96. The Labute approximate surface area is 227 Å². The van der Waals surface area contributed by atoms with E-state index in [0.29, 0.717) is 24.7 Å². The van der Waals surface area contributed by atoms with Crippen LogP contribution in [0.1, 0.15) is 66.2 Å². The quantitative estimate of drug-likeness (QED) is 0.349. The average molecular weight is 548 g/mol. The summed E-state index contributed by atoms with van der Waals surface area (Å²) >= 11 is 0. The average Bonchev–Trinajstić information content (AvgIpc) is 3.55. The van der Waals surface area contributed by atoms with Crippen molar-refractivity contribution in [2.24, 2.45) is 28.7 Å². The molecule has 4 N–H and O–H groups in total. The molecule has 2 rings (SSSR count). The van der Waals surface area contributed by atoms with Gasteiger partial charge in [0, 0.05) is 50.7 Å². The van der Waals surface area contributed by atoms with E-state index in [1.165, 1.54) is 26.9 Å². The number of ether oxygens (including phenoxy) is 1. The summed E-state index contributed by atoms with van der Waals surface area (Å²) < 4.78 is 17.0. The first-order valence-electron chi connectivity index (χ1n) is 11.5. The summed E-state index contributed by atoms with van der Waals surface area (Å²) in [4.78, 5) is 34.8. The zero-order valence-electron chi connectivity index (χ0n) is 23.8. The number of hydrogen-bond donors (Lipinski definition) is 2. The number of nitrogens with zero attached hydrogens (tertiary/aromatic N) is 1. The van der Waals surface area contributed by atoms with Gasteiger partial charge >= 0.3 is 0 Å². The standard InChI is InChI=1S/C12H20FNO2.C6H12O.C3H8O.2CH5N.CH2O.CH3.V/c1-14-6-2-3-11(14)10(7-9-4-5-9)12(8-15)16-13;1-6(2,3)4-5-7;1-3-4-2;3*1-2;;/h8-12H,2-7H2,1H3;5H,4H2,1-3H3;3H2,1-2H3;2*2H2,1H3;1H2;1H3;/q;;;;;;-1;. The second kappa shape index (κ2) is 33.3. The minimum absolute atomic E-state index is 0. The molecule has 2 aliphatic rings. The van der Waals surface area contributed by atoms with Crippen molar-refractivity contribution in [2.75, 3.05) is 41.4 Å². The molecule has 1 radical (unpaired) electrons. The van der Waals surface area contributed by atoms with Crippen LogP contribution in [0, 0.1) is 24.7 Å². The van der Waals surface area contributed by atoms with E-state index in [-0.39, 0.29) is 37.3 Å². The van der Waals surface area contributed by atoms with Crippen LogP contribution in [-0.2, 0) is 42.6 Å². The predicted octanol–water partition coefficient (Wildman–Crippen LogP) is 3.65. The second-order valence-corrected chi connectivity index (χ2v) is 8.73. The van der Waals surface area contributed by atoms with E-state index in [9.17, 15) is 14.1 Å². The molecule has 213 valence electrons.